The maximum Gasteiger partial charge on any atom is 0.104 e. The van der Waals surface area contributed by atoms with Crippen LogP contribution in [0.4, 0.5) is 0 Å². The highest BCUT2D eigenvalue weighted by Crippen LogP contribution is 2.27. The Hall–Kier alpha value is -0.590. The molecule has 0 heterocycles. The summed E-state index contributed by atoms with van der Waals surface area (Å²) >= 11 is 0. The van der Waals surface area contributed by atoms with E-state index in [0.717, 1.165) is 24.9 Å². The van der Waals surface area contributed by atoms with E-state index in [9.17, 15) is 0 Å². The van der Waals surface area contributed by atoms with Gasteiger partial charge in [0.15, 0.2) is 0 Å². The molecule has 1 fully saturated rings. The third-order valence-corrected chi connectivity index (χ3v) is 4.30. The Morgan fingerprint density at radius 2 is 2.18 bits per heavy atom. The average molecular weight is 237 g/mol. The molecule has 3 heteroatoms. The van der Waals surface area contributed by atoms with Crippen LogP contribution in [-0.4, -0.2) is 37.1 Å². The summed E-state index contributed by atoms with van der Waals surface area (Å²) in [6.45, 7) is 5.33. The smallest absolute Gasteiger partial charge is 0.104 e. The fourth-order valence-electron chi connectivity index (χ4n) is 2.62. The van der Waals surface area contributed by atoms with Crippen LogP contribution in [0.5, 0.6) is 0 Å². The lowest BCUT2D eigenvalue weighted by atomic mass is 9.86. The quantitative estimate of drug-likeness (QED) is 0.798. The Balaban J connectivity index is 2.39. The first-order chi connectivity index (χ1) is 8.00. The number of rotatable bonds is 5. The van der Waals surface area contributed by atoms with Gasteiger partial charge in [-0.1, -0.05) is 19.8 Å². The van der Waals surface area contributed by atoms with Crippen LogP contribution < -0.4 is 5.32 Å². The minimum Gasteiger partial charge on any atom is -0.303 e. The molecule has 0 spiro atoms. The molecule has 3 atom stereocenters. The van der Waals surface area contributed by atoms with Crippen LogP contribution in [-0.2, 0) is 0 Å². The number of hydrogen-bond donors (Lipinski definition) is 1. The maximum atomic E-state index is 9.12. The zero-order chi connectivity index (χ0) is 12.9. The third-order valence-electron chi connectivity index (χ3n) is 4.30. The first-order valence-corrected chi connectivity index (χ1v) is 6.81. The topological polar surface area (TPSA) is 39.1 Å². The van der Waals surface area contributed by atoms with Gasteiger partial charge in [-0.2, -0.15) is 5.26 Å². The highest BCUT2D eigenvalue weighted by molar-refractivity contribution is 5.03. The Kier molecular flexibility index (Phi) is 5.42. The van der Waals surface area contributed by atoms with E-state index in [2.05, 4.69) is 30.3 Å². The average Bonchev–Trinajstić information content (AvgIpc) is 2.35. The highest BCUT2D eigenvalue weighted by atomic mass is 15.1. The molecule has 0 aliphatic heterocycles. The molecule has 1 N–H and O–H groups in total. The maximum absolute atomic E-state index is 9.12. The molecule has 0 bridgehead atoms. The largest absolute Gasteiger partial charge is 0.303 e. The third kappa shape index (κ3) is 4.29. The molecule has 3 unspecified atom stereocenters. The molecule has 1 rings (SSSR count). The summed E-state index contributed by atoms with van der Waals surface area (Å²) in [7, 11) is 4.07. The Morgan fingerprint density at radius 1 is 1.47 bits per heavy atom. The van der Waals surface area contributed by atoms with Crippen molar-refractivity contribution in [1.29, 1.82) is 5.26 Å². The predicted octanol–water partition coefficient (Wildman–Crippen LogP) is 2.39. The molecule has 0 aromatic rings. The lowest BCUT2D eigenvalue weighted by molar-refractivity contribution is 0.155. The summed E-state index contributed by atoms with van der Waals surface area (Å²) in [5.41, 5.74) is -0.380. The molecule has 1 aliphatic rings. The second-order valence-corrected chi connectivity index (χ2v) is 5.85. The molecule has 17 heavy (non-hydrogen) atoms. The predicted molar refractivity (Wildman–Crippen MR) is 71.7 cm³/mol. The molecule has 1 aliphatic carbocycles. The summed E-state index contributed by atoms with van der Waals surface area (Å²) in [4.78, 5) is 2.45. The van der Waals surface area contributed by atoms with Crippen LogP contribution in [0.2, 0.25) is 0 Å². The van der Waals surface area contributed by atoms with Crippen molar-refractivity contribution < 1.29 is 0 Å². The van der Waals surface area contributed by atoms with E-state index >= 15 is 0 Å². The summed E-state index contributed by atoms with van der Waals surface area (Å²) in [6.07, 6.45) is 6.28. The summed E-state index contributed by atoms with van der Waals surface area (Å²) in [5, 5.41) is 12.2. The Bertz CT molecular complexity index is 271. The standard InChI is InChI=1S/C14H27N3/c1-12-6-5-7-13(10-12)17(4)9-8-14(2,11-15)16-3/h12-13,16H,5-10H2,1-4H3. The van der Waals surface area contributed by atoms with E-state index < -0.39 is 0 Å². The fourth-order valence-corrected chi connectivity index (χ4v) is 2.62. The van der Waals surface area contributed by atoms with E-state index in [1.807, 2.05) is 14.0 Å². The van der Waals surface area contributed by atoms with Gasteiger partial charge in [0, 0.05) is 12.6 Å². The summed E-state index contributed by atoms with van der Waals surface area (Å²) in [5.74, 6) is 0.864. The SMILES string of the molecule is CNC(C)(C#N)CCN(C)C1CCCC(C)C1. The molecule has 0 amide bonds. The van der Waals surface area contributed by atoms with Crippen molar-refractivity contribution in [3.63, 3.8) is 0 Å². The van der Waals surface area contributed by atoms with Crippen molar-refractivity contribution in [3.05, 3.63) is 0 Å². The van der Waals surface area contributed by atoms with E-state index in [-0.39, 0.29) is 5.54 Å². The van der Waals surface area contributed by atoms with Crippen molar-refractivity contribution in [3.8, 4) is 6.07 Å². The zero-order valence-electron chi connectivity index (χ0n) is 11.8. The second kappa shape index (κ2) is 6.37. The number of nitrogens with one attached hydrogen (secondary N) is 1. The molecule has 3 nitrogen and oxygen atoms in total. The van der Waals surface area contributed by atoms with Crippen LogP contribution in [0.3, 0.4) is 0 Å². The zero-order valence-corrected chi connectivity index (χ0v) is 11.8. The van der Waals surface area contributed by atoms with Crippen molar-refractivity contribution >= 4 is 0 Å². The first-order valence-electron chi connectivity index (χ1n) is 6.81. The van der Waals surface area contributed by atoms with Gasteiger partial charge in [0.05, 0.1) is 6.07 Å². The second-order valence-electron chi connectivity index (χ2n) is 5.85. The summed E-state index contributed by atoms with van der Waals surface area (Å²) < 4.78 is 0. The van der Waals surface area contributed by atoms with Crippen molar-refractivity contribution in [2.45, 2.75) is 57.5 Å². The van der Waals surface area contributed by atoms with Gasteiger partial charge in [-0.3, -0.25) is 0 Å². The minimum atomic E-state index is -0.380. The molecule has 0 aromatic carbocycles. The van der Waals surface area contributed by atoms with E-state index in [0.29, 0.717) is 0 Å². The molecule has 0 radical (unpaired) electrons. The molecule has 98 valence electrons. The lowest BCUT2D eigenvalue weighted by Crippen LogP contribution is -2.43. The van der Waals surface area contributed by atoms with E-state index in [1.165, 1.54) is 25.7 Å². The van der Waals surface area contributed by atoms with Gasteiger partial charge in [-0.05, 0) is 46.2 Å². The van der Waals surface area contributed by atoms with Gasteiger partial charge >= 0.3 is 0 Å². The number of nitriles is 1. The Morgan fingerprint density at radius 3 is 2.71 bits per heavy atom. The molecular weight excluding hydrogens is 210 g/mol. The van der Waals surface area contributed by atoms with E-state index in [1.54, 1.807) is 0 Å². The van der Waals surface area contributed by atoms with Crippen molar-refractivity contribution in [2.75, 3.05) is 20.6 Å². The Labute approximate surface area is 106 Å². The molecule has 1 saturated carbocycles. The van der Waals surface area contributed by atoms with E-state index in [4.69, 9.17) is 5.26 Å². The van der Waals surface area contributed by atoms with Crippen LogP contribution in [0, 0.1) is 17.2 Å². The minimum absolute atomic E-state index is 0.380. The summed E-state index contributed by atoms with van der Waals surface area (Å²) in [6, 6.07) is 3.08. The monoisotopic (exact) mass is 237 g/mol. The molecule has 0 aromatic heterocycles. The van der Waals surface area contributed by atoms with Gasteiger partial charge < -0.3 is 10.2 Å². The number of hydrogen-bond acceptors (Lipinski definition) is 3. The molecular formula is C14H27N3. The molecule has 0 saturated heterocycles. The van der Waals surface area contributed by atoms with Gasteiger partial charge in [-0.25, -0.2) is 0 Å². The van der Waals surface area contributed by atoms with Gasteiger partial charge in [-0.15, -0.1) is 0 Å². The van der Waals surface area contributed by atoms with Gasteiger partial charge in [0.1, 0.15) is 5.54 Å². The number of nitrogens with zero attached hydrogens (tertiary/aromatic N) is 2. The van der Waals surface area contributed by atoms with Crippen molar-refractivity contribution in [1.82, 2.24) is 10.2 Å². The van der Waals surface area contributed by atoms with Crippen molar-refractivity contribution in [2.24, 2.45) is 5.92 Å². The normalized spacial score (nSPS) is 28.7. The lowest BCUT2D eigenvalue weighted by Gasteiger charge is -2.35. The van der Waals surface area contributed by atoms with Crippen LogP contribution in [0.15, 0.2) is 0 Å². The van der Waals surface area contributed by atoms with Crippen LogP contribution in [0.25, 0.3) is 0 Å². The highest BCUT2D eigenvalue weighted by Gasteiger charge is 2.25. The van der Waals surface area contributed by atoms with Gasteiger partial charge in [0.2, 0.25) is 0 Å². The van der Waals surface area contributed by atoms with Crippen LogP contribution in [0.1, 0.15) is 46.0 Å². The fraction of sp³-hybridized carbons (Fsp3) is 0.929. The van der Waals surface area contributed by atoms with Gasteiger partial charge in [0.25, 0.3) is 0 Å². The first kappa shape index (κ1) is 14.5. The van der Waals surface area contributed by atoms with Crippen LogP contribution >= 0.6 is 0 Å².